The molecule has 0 aromatic heterocycles. The molecule has 5 nitrogen and oxygen atoms in total. The lowest BCUT2D eigenvalue weighted by Crippen LogP contribution is -2.34. The van der Waals surface area contributed by atoms with E-state index in [-0.39, 0.29) is 11.9 Å². The maximum absolute atomic E-state index is 11.8. The van der Waals surface area contributed by atoms with Gasteiger partial charge in [0.1, 0.15) is 6.61 Å². The molecule has 0 amide bonds. The Kier molecular flexibility index (Phi) is 5.51. The largest absolute Gasteiger partial charge is 0.465 e. The van der Waals surface area contributed by atoms with Crippen LogP contribution in [0.25, 0.3) is 0 Å². The van der Waals surface area contributed by atoms with Crippen molar-refractivity contribution in [3.05, 3.63) is 53.2 Å². The topological polar surface area (TPSA) is 60.2 Å². The summed E-state index contributed by atoms with van der Waals surface area (Å²) >= 11 is 6.38. The minimum atomic E-state index is -0.668. The van der Waals surface area contributed by atoms with Crippen LogP contribution in [0.2, 0.25) is 0 Å². The molecule has 1 saturated heterocycles. The van der Waals surface area contributed by atoms with Gasteiger partial charge in [0.15, 0.2) is 5.90 Å². The van der Waals surface area contributed by atoms with E-state index in [1.54, 1.807) is 6.92 Å². The maximum Gasteiger partial charge on any atom is 0.348 e. The molecule has 1 aromatic rings. The molecule has 3 rings (SSSR count). The highest BCUT2D eigenvalue weighted by Crippen LogP contribution is 2.32. The van der Waals surface area contributed by atoms with Crippen molar-refractivity contribution in [2.45, 2.75) is 33.3 Å². The quantitative estimate of drug-likeness (QED) is 0.329. The standard InChI is InChI=1S/C21H23ClN2O3/c1-13(16-9-15-7-5-6-8-18(15)24-10-16)17(22)11-23-14(2)27-19-20(25)26-12-21(19,3)4/h5-8,10-11,16,19H,1,9,12H2,2-4H3/b17-11+,23-14+. The lowest BCUT2D eigenvalue weighted by Gasteiger charge is -2.22. The summed E-state index contributed by atoms with van der Waals surface area (Å²) in [6.07, 6.45) is 3.49. The van der Waals surface area contributed by atoms with Crippen molar-refractivity contribution < 1.29 is 14.3 Å². The van der Waals surface area contributed by atoms with Crippen LogP contribution >= 0.6 is 11.6 Å². The van der Waals surface area contributed by atoms with E-state index < -0.39 is 11.5 Å². The van der Waals surface area contributed by atoms with Gasteiger partial charge >= 0.3 is 5.97 Å². The molecule has 142 valence electrons. The summed E-state index contributed by atoms with van der Waals surface area (Å²) in [5.74, 6) is -0.00420. The number of rotatable bonds is 4. The number of para-hydroxylation sites is 1. The number of benzene rings is 1. The Labute approximate surface area is 164 Å². The van der Waals surface area contributed by atoms with E-state index in [0.717, 1.165) is 17.7 Å². The van der Waals surface area contributed by atoms with E-state index in [4.69, 9.17) is 21.1 Å². The fourth-order valence-corrected chi connectivity index (χ4v) is 3.22. The molecule has 6 heteroatoms. The first-order valence-corrected chi connectivity index (χ1v) is 9.20. The average molecular weight is 387 g/mol. The Morgan fingerprint density at radius 1 is 1.44 bits per heavy atom. The molecule has 0 aliphatic carbocycles. The fourth-order valence-electron chi connectivity index (χ4n) is 3.03. The number of fused-ring (bicyclic) bond motifs is 1. The molecule has 2 heterocycles. The summed E-state index contributed by atoms with van der Waals surface area (Å²) in [4.78, 5) is 20.5. The summed E-state index contributed by atoms with van der Waals surface area (Å²) in [5.41, 5.74) is 2.50. The van der Waals surface area contributed by atoms with Crippen LogP contribution in [-0.4, -0.2) is 30.8 Å². The van der Waals surface area contributed by atoms with Gasteiger partial charge in [-0.25, -0.2) is 9.79 Å². The second-order valence-corrected chi connectivity index (χ2v) is 7.87. The molecule has 2 atom stereocenters. The van der Waals surface area contributed by atoms with Crippen LogP contribution in [0, 0.1) is 11.3 Å². The zero-order valence-corrected chi connectivity index (χ0v) is 16.5. The smallest absolute Gasteiger partial charge is 0.348 e. The molecule has 0 bridgehead atoms. The van der Waals surface area contributed by atoms with E-state index in [2.05, 4.69) is 22.6 Å². The molecule has 0 saturated carbocycles. The Hall–Kier alpha value is -2.40. The summed E-state index contributed by atoms with van der Waals surface area (Å²) in [5, 5.41) is 0.432. The van der Waals surface area contributed by atoms with Crippen molar-refractivity contribution >= 4 is 35.4 Å². The number of hydrogen-bond acceptors (Lipinski definition) is 5. The van der Waals surface area contributed by atoms with Crippen molar-refractivity contribution in [1.29, 1.82) is 0 Å². The third-order valence-corrected chi connectivity index (χ3v) is 5.08. The number of cyclic esters (lactones) is 1. The van der Waals surface area contributed by atoms with Gasteiger partial charge in [-0.05, 0) is 23.6 Å². The van der Waals surface area contributed by atoms with E-state index >= 15 is 0 Å². The van der Waals surface area contributed by atoms with Gasteiger partial charge in [-0.3, -0.25) is 4.99 Å². The summed E-state index contributed by atoms with van der Waals surface area (Å²) in [6, 6.07) is 8.01. The molecule has 0 radical (unpaired) electrons. The SMILES string of the molecule is C=C(/C(Cl)=C\N=C(/C)OC1C(=O)OCC1(C)C)C1C=Nc2ccccc2C1. The summed E-state index contributed by atoms with van der Waals surface area (Å²) in [7, 11) is 0. The summed E-state index contributed by atoms with van der Waals surface area (Å²) < 4.78 is 10.7. The Morgan fingerprint density at radius 2 is 2.19 bits per heavy atom. The van der Waals surface area contributed by atoms with Gasteiger partial charge < -0.3 is 9.47 Å². The number of ether oxygens (including phenoxy) is 2. The van der Waals surface area contributed by atoms with Crippen LogP contribution in [0.4, 0.5) is 5.69 Å². The third-order valence-electron chi connectivity index (χ3n) is 4.74. The Morgan fingerprint density at radius 3 is 2.89 bits per heavy atom. The molecule has 1 aromatic carbocycles. The fraction of sp³-hybridized carbons (Fsp3) is 0.381. The first kappa shape index (κ1) is 19.4. The Bertz CT molecular complexity index is 855. The van der Waals surface area contributed by atoms with E-state index in [9.17, 15) is 4.79 Å². The van der Waals surface area contributed by atoms with Crippen LogP contribution in [0.3, 0.4) is 0 Å². The van der Waals surface area contributed by atoms with Crippen molar-refractivity contribution in [1.82, 2.24) is 0 Å². The first-order chi connectivity index (χ1) is 12.8. The lowest BCUT2D eigenvalue weighted by molar-refractivity contribution is -0.144. The van der Waals surface area contributed by atoms with E-state index in [1.807, 2.05) is 38.3 Å². The number of nitrogens with zero attached hydrogens (tertiary/aromatic N) is 2. The van der Waals surface area contributed by atoms with Crippen LogP contribution in [0.15, 0.2) is 57.6 Å². The lowest BCUT2D eigenvalue weighted by atomic mass is 9.90. The highest BCUT2D eigenvalue weighted by molar-refractivity contribution is 6.32. The first-order valence-electron chi connectivity index (χ1n) is 8.82. The average Bonchev–Trinajstić information content (AvgIpc) is 2.92. The van der Waals surface area contributed by atoms with Gasteiger partial charge in [0.25, 0.3) is 0 Å². The zero-order chi connectivity index (χ0) is 19.6. The molecular weight excluding hydrogens is 364 g/mol. The molecule has 2 aliphatic rings. The Balaban J connectivity index is 1.66. The second kappa shape index (κ2) is 7.69. The normalized spacial score (nSPS) is 24.4. The molecular formula is C21H23ClN2O3. The molecule has 2 aliphatic heterocycles. The predicted octanol–water partition coefficient (Wildman–Crippen LogP) is 4.58. The van der Waals surface area contributed by atoms with Gasteiger partial charge in [-0.2, -0.15) is 0 Å². The number of aliphatic imine (C=N–C) groups is 2. The number of hydrogen-bond donors (Lipinski definition) is 0. The van der Waals surface area contributed by atoms with Crippen LogP contribution in [0.5, 0.6) is 0 Å². The summed E-state index contributed by atoms with van der Waals surface area (Å²) in [6.45, 7) is 9.94. The van der Waals surface area contributed by atoms with Crippen molar-refractivity contribution in [3.8, 4) is 0 Å². The molecule has 1 fully saturated rings. The third kappa shape index (κ3) is 4.30. The van der Waals surface area contributed by atoms with Crippen molar-refractivity contribution in [2.75, 3.05) is 6.61 Å². The van der Waals surface area contributed by atoms with Gasteiger partial charge in [0, 0.05) is 30.7 Å². The van der Waals surface area contributed by atoms with Crippen LogP contribution in [-0.2, 0) is 20.7 Å². The number of allylic oxidation sites excluding steroid dienone is 2. The number of esters is 1. The predicted molar refractivity (Wildman–Crippen MR) is 108 cm³/mol. The monoisotopic (exact) mass is 386 g/mol. The number of carbonyl (C=O) groups is 1. The van der Waals surface area contributed by atoms with Gasteiger partial charge in [0.2, 0.25) is 6.10 Å². The highest BCUT2D eigenvalue weighted by Gasteiger charge is 2.45. The van der Waals surface area contributed by atoms with Crippen molar-refractivity contribution in [3.63, 3.8) is 0 Å². The van der Waals surface area contributed by atoms with E-state index in [1.165, 1.54) is 11.8 Å². The molecule has 0 spiro atoms. The molecule has 27 heavy (non-hydrogen) atoms. The molecule has 0 N–H and O–H groups in total. The second-order valence-electron chi connectivity index (χ2n) is 7.46. The van der Waals surface area contributed by atoms with Crippen molar-refractivity contribution in [2.24, 2.45) is 21.3 Å². The maximum atomic E-state index is 11.8. The van der Waals surface area contributed by atoms with Crippen LogP contribution in [0.1, 0.15) is 26.3 Å². The minimum absolute atomic E-state index is 0.0174. The number of carbonyl (C=O) groups excluding carboxylic acids is 1. The highest BCUT2D eigenvalue weighted by atomic mass is 35.5. The van der Waals surface area contributed by atoms with Gasteiger partial charge in [0.05, 0.1) is 10.7 Å². The molecule has 2 unspecified atom stereocenters. The van der Waals surface area contributed by atoms with Crippen LogP contribution < -0.4 is 0 Å². The minimum Gasteiger partial charge on any atom is -0.465 e. The van der Waals surface area contributed by atoms with E-state index in [0.29, 0.717) is 17.5 Å². The van der Waals surface area contributed by atoms with Gasteiger partial charge in [-0.1, -0.05) is 50.2 Å². The number of halogens is 1. The zero-order valence-electron chi connectivity index (χ0n) is 15.7. The van der Waals surface area contributed by atoms with Gasteiger partial charge in [-0.15, -0.1) is 0 Å².